The van der Waals surface area contributed by atoms with Crippen molar-refractivity contribution in [1.82, 2.24) is 5.32 Å². The third kappa shape index (κ3) is 2.55. The molecule has 4 nitrogen and oxygen atoms in total. The fraction of sp³-hybridized carbons (Fsp3) is 0.650. The van der Waals surface area contributed by atoms with Gasteiger partial charge in [-0.15, -0.1) is 0 Å². The van der Waals surface area contributed by atoms with Crippen LogP contribution in [0.2, 0.25) is 0 Å². The van der Waals surface area contributed by atoms with E-state index in [0.29, 0.717) is 24.3 Å². The van der Waals surface area contributed by atoms with Gasteiger partial charge in [0.15, 0.2) is 0 Å². The van der Waals surface area contributed by atoms with Gasteiger partial charge in [0.1, 0.15) is 5.82 Å². The number of rotatable bonds is 1. The number of nitrogens with zero attached hydrogens (tertiary/aromatic N) is 1. The Morgan fingerprint density at radius 2 is 2.00 bits per heavy atom. The number of aryl methyl sites for hydroxylation is 1. The van der Waals surface area contributed by atoms with E-state index in [0.717, 1.165) is 56.2 Å². The Morgan fingerprint density at radius 3 is 2.72 bits per heavy atom. The Kier molecular flexibility index (Phi) is 3.40. The number of aliphatic hydroxyl groups is 1. The number of anilines is 1. The molecule has 2 atom stereocenters. The second-order valence-electron chi connectivity index (χ2n) is 8.70. The molecule has 4 fully saturated rings. The van der Waals surface area contributed by atoms with Crippen LogP contribution in [-0.4, -0.2) is 29.3 Å². The molecule has 4 aliphatic carbocycles. The number of carbonyl (C=O) groups is 1. The molecule has 5 aliphatic rings. The van der Waals surface area contributed by atoms with E-state index in [1.807, 2.05) is 0 Å². The predicted octanol–water partition coefficient (Wildman–Crippen LogP) is 3.23. The maximum absolute atomic E-state index is 13.5. The van der Waals surface area contributed by atoms with Gasteiger partial charge in [0, 0.05) is 18.3 Å². The number of hydrogen-bond acceptors (Lipinski definition) is 2. The summed E-state index contributed by atoms with van der Waals surface area (Å²) in [5.41, 5.74) is 1.28. The summed E-state index contributed by atoms with van der Waals surface area (Å²) in [6.45, 7) is 0.680. The molecule has 0 aromatic heterocycles. The van der Waals surface area contributed by atoms with Crippen molar-refractivity contribution in [3.63, 3.8) is 0 Å². The molecule has 1 aromatic carbocycles. The van der Waals surface area contributed by atoms with Gasteiger partial charge >= 0.3 is 6.03 Å². The van der Waals surface area contributed by atoms with Gasteiger partial charge in [-0.1, -0.05) is 0 Å². The van der Waals surface area contributed by atoms with Gasteiger partial charge < -0.3 is 10.4 Å². The maximum atomic E-state index is 13.5. The highest BCUT2D eigenvalue weighted by Crippen LogP contribution is 2.55. The highest BCUT2D eigenvalue weighted by atomic mass is 19.1. The van der Waals surface area contributed by atoms with Crippen LogP contribution in [0.25, 0.3) is 0 Å². The van der Waals surface area contributed by atoms with Crippen LogP contribution in [0, 0.1) is 23.6 Å². The minimum absolute atomic E-state index is 0.0583. The molecule has 5 heteroatoms. The molecule has 1 heterocycles. The second-order valence-corrected chi connectivity index (χ2v) is 8.70. The molecule has 0 spiro atoms. The fourth-order valence-electron chi connectivity index (χ4n) is 6.21. The van der Waals surface area contributed by atoms with Crippen molar-refractivity contribution in [1.29, 1.82) is 0 Å². The molecular formula is C20H25FN2O2. The van der Waals surface area contributed by atoms with Gasteiger partial charge in [-0.25, -0.2) is 9.18 Å². The largest absolute Gasteiger partial charge is 0.390 e. The summed E-state index contributed by atoms with van der Waals surface area (Å²) in [4.78, 5) is 14.8. The zero-order valence-corrected chi connectivity index (χ0v) is 14.4. The summed E-state index contributed by atoms with van der Waals surface area (Å²) in [6.07, 6.45) is 6.55. The quantitative estimate of drug-likeness (QED) is 0.822. The zero-order chi connectivity index (χ0) is 17.2. The summed E-state index contributed by atoms with van der Waals surface area (Å²) in [7, 11) is 0. The van der Waals surface area contributed by atoms with Crippen LogP contribution in [0.4, 0.5) is 14.9 Å². The highest BCUT2D eigenvalue weighted by molar-refractivity contribution is 5.93. The Bertz CT molecular complexity index is 706. The molecule has 4 bridgehead atoms. The minimum Gasteiger partial charge on any atom is -0.390 e. The topological polar surface area (TPSA) is 52.6 Å². The Morgan fingerprint density at radius 1 is 1.24 bits per heavy atom. The van der Waals surface area contributed by atoms with Crippen LogP contribution in [-0.2, 0) is 6.42 Å². The molecule has 134 valence electrons. The smallest absolute Gasteiger partial charge is 0.322 e. The molecule has 0 radical (unpaired) electrons. The number of benzene rings is 1. The third-order valence-corrected chi connectivity index (χ3v) is 6.94. The van der Waals surface area contributed by atoms with Crippen LogP contribution in [0.15, 0.2) is 18.2 Å². The average Bonchev–Trinajstić information content (AvgIpc) is 2.55. The van der Waals surface area contributed by atoms with E-state index in [1.165, 1.54) is 6.07 Å². The van der Waals surface area contributed by atoms with Crippen molar-refractivity contribution in [3.05, 3.63) is 29.6 Å². The van der Waals surface area contributed by atoms with Crippen molar-refractivity contribution in [2.75, 3.05) is 11.4 Å². The van der Waals surface area contributed by atoms with E-state index in [-0.39, 0.29) is 17.9 Å². The van der Waals surface area contributed by atoms with Crippen LogP contribution >= 0.6 is 0 Å². The van der Waals surface area contributed by atoms with Gasteiger partial charge in [-0.05, 0) is 86.5 Å². The number of carbonyl (C=O) groups excluding carboxylic acids is 1. The first-order valence-corrected chi connectivity index (χ1v) is 9.60. The van der Waals surface area contributed by atoms with Crippen LogP contribution in [0.5, 0.6) is 0 Å². The first-order valence-electron chi connectivity index (χ1n) is 9.60. The predicted molar refractivity (Wildman–Crippen MR) is 92.9 cm³/mol. The lowest BCUT2D eigenvalue weighted by Gasteiger charge is -2.58. The molecule has 2 amide bonds. The van der Waals surface area contributed by atoms with E-state index in [1.54, 1.807) is 17.0 Å². The molecule has 2 N–H and O–H groups in total. The average molecular weight is 344 g/mol. The zero-order valence-electron chi connectivity index (χ0n) is 14.4. The summed E-state index contributed by atoms with van der Waals surface area (Å²) < 4.78 is 13.5. The van der Waals surface area contributed by atoms with Crippen molar-refractivity contribution < 1.29 is 14.3 Å². The number of halogens is 1. The van der Waals surface area contributed by atoms with Crippen LogP contribution in [0.3, 0.4) is 0 Å². The van der Waals surface area contributed by atoms with E-state index >= 15 is 0 Å². The standard InChI is InChI=1S/C20H25FN2O2/c21-16-3-4-17-13(8-16)2-1-5-23(17)19(24)22-18-14-6-12-7-15(18)11-20(25,9-12)10-14/h3-4,8,12,14-15,18,25H,1-2,5-7,9-11H2,(H,22,24)/t12?,14?,15?,18-,20-. The third-order valence-electron chi connectivity index (χ3n) is 6.94. The second kappa shape index (κ2) is 5.44. The molecule has 2 unspecified atom stereocenters. The van der Waals surface area contributed by atoms with Gasteiger partial charge in [-0.2, -0.15) is 0 Å². The summed E-state index contributed by atoms with van der Waals surface area (Å²) in [5, 5.41) is 14.0. The summed E-state index contributed by atoms with van der Waals surface area (Å²) >= 11 is 0. The van der Waals surface area contributed by atoms with Gasteiger partial charge in [0.05, 0.1) is 5.60 Å². The number of amides is 2. The molecule has 1 aliphatic heterocycles. The van der Waals surface area contributed by atoms with E-state index < -0.39 is 5.60 Å². The molecule has 6 rings (SSSR count). The van der Waals surface area contributed by atoms with E-state index in [9.17, 15) is 14.3 Å². The lowest BCUT2D eigenvalue weighted by Crippen LogP contribution is -2.63. The van der Waals surface area contributed by atoms with Crippen molar-refractivity contribution in [2.45, 2.75) is 56.6 Å². The van der Waals surface area contributed by atoms with Gasteiger partial charge in [-0.3, -0.25) is 4.90 Å². The summed E-state index contributed by atoms with van der Waals surface area (Å²) in [5.74, 6) is 1.19. The van der Waals surface area contributed by atoms with Crippen LogP contribution < -0.4 is 10.2 Å². The SMILES string of the molecule is O=C(N[C@H]1C2CC3CC1C[C@](O)(C3)C2)N1CCCc2cc(F)ccc21. The Hall–Kier alpha value is -1.62. The molecule has 25 heavy (non-hydrogen) atoms. The van der Waals surface area contributed by atoms with Gasteiger partial charge in [0.25, 0.3) is 0 Å². The molecule has 0 saturated heterocycles. The number of urea groups is 1. The first kappa shape index (κ1) is 15.6. The van der Waals surface area contributed by atoms with Crippen molar-refractivity contribution in [2.24, 2.45) is 17.8 Å². The van der Waals surface area contributed by atoms with Crippen molar-refractivity contribution >= 4 is 11.7 Å². The van der Waals surface area contributed by atoms with Gasteiger partial charge in [0.2, 0.25) is 0 Å². The maximum Gasteiger partial charge on any atom is 0.322 e. The van der Waals surface area contributed by atoms with E-state index in [2.05, 4.69) is 5.32 Å². The lowest BCUT2D eigenvalue weighted by molar-refractivity contribution is -0.136. The monoisotopic (exact) mass is 344 g/mol. The Labute approximate surface area is 147 Å². The molecule has 4 saturated carbocycles. The number of fused-ring (bicyclic) bond motifs is 1. The highest BCUT2D eigenvalue weighted by Gasteiger charge is 2.55. The first-order chi connectivity index (χ1) is 12.0. The Balaban J connectivity index is 1.35. The number of hydrogen-bond donors (Lipinski definition) is 2. The normalized spacial score (nSPS) is 38.6. The lowest BCUT2D eigenvalue weighted by atomic mass is 9.52. The molecular weight excluding hydrogens is 319 g/mol. The van der Waals surface area contributed by atoms with Crippen LogP contribution in [0.1, 0.15) is 44.1 Å². The summed E-state index contributed by atoms with van der Waals surface area (Å²) in [6, 6.07) is 4.83. The minimum atomic E-state index is -0.479. The van der Waals surface area contributed by atoms with E-state index in [4.69, 9.17) is 0 Å². The number of nitrogens with one attached hydrogen (secondary N) is 1. The fourth-order valence-corrected chi connectivity index (χ4v) is 6.21. The van der Waals surface area contributed by atoms with Crippen molar-refractivity contribution in [3.8, 4) is 0 Å². The molecule has 1 aromatic rings.